The van der Waals surface area contributed by atoms with E-state index in [1.165, 1.54) is 24.5 Å². The number of aryl methyl sites for hydroxylation is 1. The minimum atomic E-state index is -2.98. The first-order chi connectivity index (χ1) is 13.7. The van der Waals surface area contributed by atoms with Crippen LogP contribution in [0.1, 0.15) is 26.3 Å². The van der Waals surface area contributed by atoms with Gasteiger partial charge in [0.25, 0.3) is 5.88 Å². The van der Waals surface area contributed by atoms with Gasteiger partial charge < -0.3 is 9.47 Å². The van der Waals surface area contributed by atoms with Crippen molar-refractivity contribution in [1.29, 1.82) is 0 Å². The third kappa shape index (κ3) is 3.65. The van der Waals surface area contributed by atoms with E-state index in [-0.39, 0.29) is 17.4 Å². The summed E-state index contributed by atoms with van der Waals surface area (Å²) in [6, 6.07) is 6.33. The molecule has 24 heavy (non-hydrogen) atoms. The number of ether oxygens (including phenoxy) is 2. The predicted molar refractivity (Wildman–Crippen MR) is 90.1 cm³/mol. The van der Waals surface area contributed by atoms with Crippen molar-refractivity contribution in [3.8, 4) is 28.8 Å². The quantitative estimate of drug-likeness (QED) is 0.688. The first-order valence-electron chi connectivity index (χ1n) is 9.79. The Hall–Kier alpha value is -3.02. The lowest BCUT2D eigenvalue weighted by molar-refractivity contribution is 0.316. The molecule has 3 aromatic rings. The minimum Gasteiger partial charge on any atom is -0.488 e. The normalized spacial score (nSPS) is 14.6. The second-order valence-electron chi connectivity index (χ2n) is 4.75. The molecule has 0 saturated heterocycles. The number of hydrogen-bond donors (Lipinski definition) is 0. The Kier molecular flexibility index (Phi) is 3.34. The highest BCUT2D eigenvalue weighted by Crippen LogP contribution is 2.30. The van der Waals surface area contributed by atoms with Crippen molar-refractivity contribution in [2.24, 2.45) is 0 Å². The van der Waals surface area contributed by atoms with Crippen molar-refractivity contribution in [3.05, 3.63) is 54.7 Å². The van der Waals surface area contributed by atoms with Crippen LogP contribution in [0.15, 0.2) is 49.1 Å². The SMILES string of the molecule is [2H]C([2H])([2H])C([2H])([2H])Oc1cccnc1Oc1cncc(-c2nccc(CC)n2)c1. The maximum atomic E-state index is 7.65. The van der Waals surface area contributed by atoms with E-state index in [4.69, 9.17) is 16.3 Å². The van der Waals surface area contributed by atoms with Crippen LogP contribution in [0.2, 0.25) is 0 Å². The number of hydrogen-bond acceptors (Lipinski definition) is 6. The van der Waals surface area contributed by atoms with E-state index in [9.17, 15) is 0 Å². The third-order valence-electron chi connectivity index (χ3n) is 3.16. The Morgan fingerprint density at radius 2 is 2.17 bits per heavy atom. The van der Waals surface area contributed by atoms with Gasteiger partial charge >= 0.3 is 0 Å². The second-order valence-corrected chi connectivity index (χ2v) is 4.75. The molecule has 0 bridgehead atoms. The van der Waals surface area contributed by atoms with Gasteiger partial charge in [0.2, 0.25) is 0 Å². The van der Waals surface area contributed by atoms with Crippen LogP contribution in [0, 0.1) is 0 Å². The molecule has 0 atom stereocenters. The largest absolute Gasteiger partial charge is 0.488 e. The second kappa shape index (κ2) is 7.50. The summed E-state index contributed by atoms with van der Waals surface area (Å²) in [6.07, 6.45) is 6.86. The third-order valence-corrected chi connectivity index (χ3v) is 3.16. The molecule has 0 aromatic carbocycles. The molecule has 0 fully saturated rings. The molecular formula is C18H18N4O2. The van der Waals surface area contributed by atoms with Gasteiger partial charge in [0.05, 0.1) is 15.5 Å². The van der Waals surface area contributed by atoms with Gasteiger partial charge in [-0.15, -0.1) is 0 Å². The molecule has 6 nitrogen and oxygen atoms in total. The molecule has 0 aliphatic rings. The lowest BCUT2D eigenvalue weighted by Crippen LogP contribution is -1.98. The number of pyridine rings is 2. The van der Waals surface area contributed by atoms with Crippen LogP contribution in [0.4, 0.5) is 0 Å². The van der Waals surface area contributed by atoms with Crippen molar-refractivity contribution in [2.45, 2.75) is 20.2 Å². The average molecular weight is 327 g/mol. The summed E-state index contributed by atoms with van der Waals surface area (Å²) in [5.74, 6) is 0.524. The molecule has 0 aliphatic carbocycles. The minimum absolute atomic E-state index is 0.0946. The zero-order valence-electron chi connectivity index (χ0n) is 17.9. The Balaban J connectivity index is 1.88. The van der Waals surface area contributed by atoms with Crippen molar-refractivity contribution in [2.75, 3.05) is 6.56 Å². The molecule has 0 spiro atoms. The van der Waals surface area contributed by atoms with Gasteiger partial charge in [0.15, 0.2) is 11.6 Å². The van der Waals surface area contributed by atoms with E-state index in [0.717, 1.165) is 12.1 Å². The smallest absolute Gasteiger partial charge is 0.262 e. The van der Waals surface area contributed by atoms with Crippen LogP contribution in [0.5, 0.6) is 17.4 Å². The van der Waals surface area contributed by atoms with Crippen molar-refractivity contribution in [3.63, 3.8) is 0 Å². The molecule has 0 aliphatic heterocycles. The highest BCUT2D eigenvalue weighted by atomic mass is 16.5. The van der Waals surface area contributed by atoms with Gasteiger partial charge in [-0.3, -0.25) is 4.98 Å². The van der Waals surface area contributed by atoms with Gasteiger partial charge in [0, 0.05) is 34.0 Å². The van der Waals surface area contributed by atoms with Crippen LogP contribution in [0.25, 0.3) is 11.4 Å². The topological polar surface area (TPSA) is 70.0 Å². The molecule has 3 aromatic heterocycles. The van der Waals surface area contributed by atoms with E-state index >= 15 is 0 Å². The number of rotatable bonds is 6. The Morgan fingerprint density at radius 1 is 1.21 bits per heavy atom. The van der Waals surface area contributed by atoms with Gasteiger partial charge in [-0.2, -0.15) is 0 Å². The fraction of sp³-hybridized carbons (Fsp3) is 0.222. The van der Waals surface area contributed by atoms with E-state index < -0.39 is 13.4 Å². The van der Waals surface area contributed by atoms with E-state index in [1.807, 2.05) is 13.0 Å². The number of nitrogens with zero attached hydrogens (tertiary/aromatic N) is 4. The molecule has 3 heterocycles. The molecule has 0 radical (unpaired) electrons. The van der Waals surface area contributed by atoms with E-state index in [0.29, 0.717) is 11.4 Å². The van der Waals surface area contributed by atoms with Crippen LogP contribution in [0.3, 0.4) is 0 Å². The molecule has 0 unspecified atom stereocenters. The summed E-state index contributed by atoms with van der Waals surface area (Å²) < 4.78 is 47.9. The average Bonchev–Trinajstić information content (AvgIpc) is 2.69. The van der Waals surface area contributed by atoms with Crippen molar-refractivity contribution in [1.82, 2.24) is 19.9 Å². The Labute approximate surface area is 147 Å². The molecule has 0 N–H and O–H groups in total. The van der Waals surface area contributed by atoms with Gasteiger partial charge in [-0.05, 0) is 37.5 Å². The highest BCUT2D eigenvalue weighted by Gasteiger charge is 2.09. The van der Waals surface area contributed by atoms with E-state index in [1.54, 1.807) is 18.5 Å². The molecule has 0 saturated carbocycles. The molecule has 3 rings (SSSR count). The summed E-state index contributed by atoms with van der Waals surface area (Å²) in [4.78, 5) is 16.8. The summed E-state index contributed by atoms with van der Waals surface area (Å²) in [5.41, 5.74) is 1.50. The zero-order chi connectivity index (χ0) is 21.1. The zero-order valence-corrected chi connectivity index (χ0v) is 12.9. The first kappa shape index (κ1) is 10.7. The van der Waals surface area contributed by atoms with Gasteiger partial charge in [-0.25, -0.2) is 15.0 Å². The van der Waals surface area contributed by atoms with Crippen LogP contribution in [-0.2, 0) is 6.42 Å². The van der Waals surface area contributed by atoms with Crippen molar-refractivity contribution < 1.29 is 16.3 Å². The summed E-state index contributed by atoms with van der Waals surface area (Å²) in [7, 11) is 0. The van der Waals surface area contributed by atoms with Crippen LogP contribution < -0.4 is 9.47 Å². The molecule has 6 heteroatoms. The standard InChI is InChI=1S/C18H18N4O2/c1-3-14-7-9-20-17(22-14)13-10-15(12-19-11-13)24-18-16(23-4-2)6-5-8-21-18/h5-12H,3-4H2,1-2H3/i2D3,4D2. The number of aromatic nitrogens is 4. The highest BCUT2D eigenvalue weighted by molar-refractivity contribution is 5.56. The van der Waals surface area contributed by atoms with Crippen molar-refractivity contribution >= 4 is 0 Å². The fourth-order valence-electron chi connectivity index (χ4n) is 2.03. The first-order valence-corrected chi connectivity index (χ1v) is 7.29. The Morgan fingerprint density at radius 3 is 3.04 bits per heavy atom. The summed E-state index contributed by atoms with van der Waals surface area (Å²) in [5, 5.41) is 0. The molecule has 0 amide bonds. The lowest BCUT2D eigenvalue weighted by atomic mass is 10.2. The predicted octanol–water partition coefficient (Wildman–Crippen LogP) is 3.69. The fourth-order valence-corrected chi connectivity index (χ4v) is 2.03. The maximum absolute atomic E-state index is 7.65. The summed E-state index contributed by atoms with van der Waals surface area (Å²) in [6.45, 7) is -3.91. The molecule has 122 valence electrons. The van der Waals surface area contributed by atoms with Crippen LogP contribution in [-0.4, -0.2) is 26.5 Å². The van der Waals surface area contributed by atoms with Crippen LogP contribution >= 0.6 is 0 Å². The Bertz CT molecular complexity index is 998. The maximum Gasteiger partial charge on any atom is 0.262 e. The summed E-state index contributed by atoms with van der Waals surface area (Å²) >= 11 is 0. The van der Waals surface area contributed by atoms with Gasteiger partial charge in [0.1, 0.15) is 5.75 Å². The molecular weight excluding hydrogens is 304 g/mol. The van der Waals surface area contributed by atoms with Gasteiger partial charge in [-0.1, -0.05) is 6.92 Å². The van der Waals surface area contributed by atoms with E-state index in [2.05, 4.69) is 19.9 Å². The monoisotopic (exact) mass is 327 g/mol. The lowest BCUT2D eigenvalue weighted by Gasteiger charge is -2.10.